The largest absolute Gasteiger partial charge is 0.246 e. The summed E-state index contributed by atoms with van der Waals surface area (Å²) in [6, 6.07) is 2.03. The molecular weight excluding hydrogens is 286 g/mol. The lowest BCUT2D eigenvalue weighted by Gasteiger charge is -1.99. The van der Waals surface area contributed by atoms with E-state index in [-0.39, 0.29) is 0 Å². The smallest absolute Gasteiger partial charge is 0.141 e. The van der Waals surface area contributed by atoms with E-state index in [0.29, 0.717) is 11.6 Å². The van der Waals surface area contributed by atoms with Crippen molar-refractivity contribution in [3.8, 4) is 0 Å². The van der Waals surface area contributed by atoms with Crippen molar-refractivity contribution in [3.05, 3.63) is 38.0 Å². The number of aryl methyl sites for hydroxylation is 2. The molecule has 0 N–H and O–H groups in total. The number of thiophene rings is 1. The van der Waals surface area contributed by atoms with E-state index in [4.69, 9.17) is 11.6 Å². The molecule has 0 saturated heterocycles. The van der Waals surface area contributed by atoms with Crippen LogP contribution in [-0.4, -0.2) is 15.0 Å². The maximum Gasteiger partial charge on any atom is 0.141 e. The van der Waals surface area contributed by atoms with E-state index < -0.39 is 0 Å². The first-order valence-corrected chi connectivity index (χ1v) is 7.53. The van der Waals surface area contributed by atoms with E-state index in [2.05, 4.69) is 15.0 Å². The van der Waals surface area contributed by atoms with Crippen LogP contribution in [0.15, 0.2) is 11.4 Å². The van der Waals surface area contributed by atoms with Crippen molar-refractivity contribution in [1.29, 1.82) is 0 Å². The van der Waals surface area contributed by atoms with Crippen LogP contribution in [0, 0.1) is 13.8 Å². The van der Waals surface area contributed by atoms with Crippen LogP contribution in [0.2, 0.25) is 5.15 Å². The molecule has 0 radical (unpaired) electrons. The highest BCUT2D eigenvalue weighted by Crippen LogP contribution is 2.28. The number of nitrogens with zero attached hydrogens (tertiary/aromatic N) is 3. The highest BCUT2D eigenvalue weighted by atomic mass is 35.5. The fourth-order valence-electron chi connectivity index (χ4n) is 1.75. The second-order valence-corrected chi connectivity index (χ2v) is 6.60. The first-order chi connectivity index (χ1) is 8.61. The van der Waals surface area contributed by atoms with Gasteiger partial charge in [0.25, 0.3) is 0 Å². The van der Waals surface area contributed by atoms with Crippen molar-refractivity contribution >= 4 is 44.5 Å². The van der Waals surface area contributed by atoms with Crippen LogP contribution in [0.25, 0.3) is 10.2 Å². The van der Waals surface area contributed by atoms with E-state index in [1.165, 1.54) is 4.88 Å². The number of halogens is 1. The third-order valence-corrected chi connectivity index (χ3v) is 4.69. The Morgan fingerprint density at radius 3 is 2.78 bits per heavy atom. The van der Waals surface area contributed by atoms with Gasteiger partial charge in [0.1, 0.15) is 20.8 Å². The fourth-order valence-corrected chi connectivity index (χ4v) is 3.71. The Morgan fingerprint density at radius 2 is 2.06 bits per heavy atom. The van der Waals surface area contributed by atoms with Crippen LogP contribution in [0.1, 0.15) is 21.4 Å². The number of hydrogen-bond donors (Lipinski definition) is 0. The molecule has 0 unspecified atom stereocenters. The summed E-state index contributed by atoms with van der Waals surface area (Å²) in [6.45, 7) is 4.03. The third kappa shape index (κ3) is 2.25. The van der Waals surface area contributed by atoms with Crippen molar-refractivity contribution < 1.29 is 0 Å². The number of hydrogen-bond acceptors (Lipinski definition) is 5. The lowest BCUT2D eigenvalue weighted by molar-refractivity contribution is 0.976. The molecule has 3 aromatic heterocycles. The number of thiazole rings is 1. The molecule has 0 aliphatic heterocycles. The van der Waals surface area contributed by atoms with Crippen molar-refractivity contribution in [2.45, 2.75) is 20.3 Å². The maximum absolute atomic E-state index is 6.19. The van der Waals surface area contributed by atoms with Crippen molar-refractivity contribution in [2.24, 2.45) is 0 Å². The molecule has 0 amide bonds. The summed E-state index contributed by atoms with van der Waals surface area (Å²) in [5.74, 6) is 0.740. The fraction of sp³-hybridized carbons (Fsp3) is 0.250. The Morgan fingerprint density at radius 1 is 1.22 bits per heavy atom. The van der Waals surface area contributed by atoms with Gasteiger partial charge in [-0.1, -0.05) is 11.6 Å². The summed E-state index contributed by atoms with van der Waals surface area (Å²) in [7, 11) is 0. The molecule has 3 rings (SSSR count). The molecule has 0 atom stereocenters. The number of rotatable bonds is 2. The Bertz CT molecular complexity index is 717. The lowest BCUT2D eigenvalue weighted by Crippen LogP contribution is -1.96. The molecule has 0 fully saturated rings. The quantitative estimate of drug-likeness (QED) is 0.671. The molecule has 3 heterocycles. The summed E-state index contributed by atoms with van der Waals surface area (Å²) >= 11 is 9.46. The molecule has 6 heteroatoms. The van der Waals surface area contributed by atoms with Crippen molar-refractivity contribution in [2.75, 3.05) is 0 Å². The average Bonchev–Trinajstić information content (AvgIpc) is 2.85. The molecule has 0 aromatic carbocycles. The van der Waals surface area contributed by atoms with Crippen LogP contribution in [0.5, 0.6) is 0 Å². The predicted octanol–water partition coefficient (Wildman–Crippen LogP) is 4.01. The average molecular weight is 296 g/mol. The van der Waals surface area contributed by atoms with E-state index in [1.807, 2.05) is 25.3 Å². The molecule has 3 nitrogen and oxygen atoms in total. The van der Waals surface area contributed by atoms with Gasteiger partial charge in [-0.3, -0.25) is 0 Å². The predicted molar refractivity (Wildman–Crippen MR) is 76.8 cm³/mol. The second-order valence-electron chi connectivity index (χ2n) is 4.07. The second kappa shape index (κ2) is 4.57. The molecule has 0 spiro atoms. The summed E-state index contributed by atoms with van der Waals surface area (Å²) in [5.41, 5.74) is 1.04. The summed E-state index contributed by atoms with van der Waals surface area (Å²) in [4.78, 5) is 15.5. The third-order valence-electron chi connectivity index (χ3n) is 2.49. The maximum atomic E-state index is 6.19. The van der Waals surface area contributed by atoms with Gasteiger partial charge in [0.05, 0.1) is 6.42 Å². The Hall–Kier alpha value is -1.04. The zero-order chi connectivity index (χ0) is 12.7. The monoisotopic (exact) mass is 295 g/mol. The highest BCUT2D eigenvalue weighted by molar-refractivity contribution is 7.18. The molecule has 3 aromatic rings. The first-order valence-electron chi connectivity index (χ1n) is 5.45. The van der Waals surface area contributed by atoms with Gasteiger partial charge in [-0.25, -0.2) is 15.0 Å². The van der Waals surface area contributed by atoms with Gasteiger partial charge in [0.15, 0.2) is 0 Å². The van der Waals surface area contributed by atoms with Crippen molar-refractivity contribution in [3.63, 3.8) is 0 Å². The van der Waals surface area contributed by atoms with Gasteiger partial charge < -0.3 is 0 Å². The number of fused-ring (bicyclic) bond motifs is 1. The van der Waals surface area contributed by atoms with Crippen LogP contribution in [-0.2, 0) is 6.42 Å². The Balaban J connectivity index is 2.02. The van der Waals surface area contributed by atoms with Crippen LogP contribution < -0.4 is 0 Å². The van der Waals surface area contributed by atoms with E-state index >= 15 is 0 Å². The minimum absolute atomic E-state index is 0.535. The van der Waals surface area contributed by atoms with Gasteiger partial charge in [-0.15, -0.1) is 22.7 Å². The van der Waals surface area contributed by atoms with Gasteiger partial charge in [-0.05, 0) is 19.9 Å². The molecule has 0 aliphatic carbocycles. The SMILES string of the molecule is Cc1csc(Cc2nc(Cl)c3cc(C)sc3n2)n1. The summed E-state index contributed by atoms with van der Waals surface area (Å²) in [6.07, 6.45) is 0.644. The molecular formula is C12H10ClN3S2. The van der Waals surface area contributed by atoms with E-state index in [1.54, 1.807) is 22.7 Å². The van der Waals surface area contributed by atoms with E-state index in [0.717, 1.165) is 26.7 Å². The standard InChI is InChI=1S/C12H10ClN3S2/c1-6-5-17-10(14-6)4-9-15-11(13)8-3-7(2)18-12(8)16-9/h3,5H,4H2,1-2H3. The number of aromatic nitrogens is 3. The van der Waals surface area contributed by atoms with Crippen LogP contribution in [0.3, 0.4) is 0 Å². The van der Waals surface area contributed by atoms with Crippen molar-refractivity contribution in [1.82, 2.24) is 15.0 Å². The zero-order valence-electron chi connectivity index (χ0n) is 9.90. The van der Waals surface area contributed by atoms with Gasteiger partial charge >= 0.3 is 0 Å². The molecule has 0 aliphatic rings. The first kappa shape index (κ1) is 12.0. The normalized spacial score (nSPS) is 11.3. The zero-order valence-corrected chi connectivity index (χ0v) is 12.3. The van der Waals surface area contributed by atoms with E-state index in [9.17, 15) is 0 Å². The molecule has 0 bridgehead atoms. The summed E-state index contributed by atoms with van der Waals surface area (Å²) < 4.78 is 0. The minimum Gasteiger partial charge on any atom is -0.246 e. The minimum atomic E-state index is 0.535. The topological polar surface area (TPSA) is 38.7 Å². The summed E-state index contributed by atoms with van der Waals surface area (Å²) in [5, 5.41) is 4.53. The Labute approximate surface area is 118 Å². The van der Waals surface area contributed by atoms with Gasteiger partial charge in [0, 0.05) is 21.3 Å². The van der Waals surface area contributed by atoms with Crippen LogP contribution >= 0.6 is 34.3 Å². The Kier molecular flexibility index (Phi) is 3.05. The van der Waals surface area contributed by atoms with Crippen LogP contribution in [0.4, 0.5) is 0 Å². The van der Waals surface area contributed by atoms with Gasteiger partial charge in [0.2, 0.25) is 0 Å². The molecule has 18 heavy (non-hydrogen) atoms. The highest BCUT2D eigenvalue weighted by Gasteiger charge is 2.10. The van der Waals surface area contributed by atoms with Gasteiger partial charge in [-0.2, -0.15) is 0 Å². The lowest BCUT2D eigenvalue weighted by atomic mass is 10.3. The molecule has 0 saturated carbocycles. The molecule has 92 valence electrons.